The first-order valence-corrected chi connectivity index (χ1v) is 9.00. The Kier molecular flexibility index (Phi) is 4.49. The molecule has 1 aromatic heterocycles. The van der Waals surface area contributed by atoms with Crippen molar-refractivity contribution in [3.63, 3.8) is 0 Å². The van der Waals surface area contributed by atoms with Crippen LogP contribution in [0.2, 0.25) is 0 Å². The molecule has 0 N–H and O–H groups in total. The van der Waals surface area contributed by atoms with Gasteiger partial charge in [-0.05, 0) is 25.1 Å². The van der Waals surface area contributed by atoms with E-state index in [1.807, 2.05) is 20.8 Å². The average molecular weight is 345 g/mol. The van der Waals surface area contributed by atoms with Crippen LogP contribution in [0.5, 0.6) is 5.75 Å². The van der Waals surface area contributed by atoms with E-state index in [2.05, 4.69) is 10.1 Å². The fourth-order valence-corrected chi connectivity index (χ4v) is 2.75. The molecule has 0 aliphatic carbocycles. The molecule has 0 atom stereocenters. The van der Waals surface area contributed by atoms with Crippen molar-refractivity contribution >= 4 is 19.7 Å². The predicted molar refractivity (Wildman–Crippen MR) is 82.6 cm³/mol. The van der Waals surface area contributed by atoms with Crippen LogP contribution in [0.4, 0.5) is 0 Å². The molecular formula is C14H17ClN2O4S. The van der Waals surface area contributed by atoms with Gasteiger partial charge >= 0.3 is 0 Å². The van der Waals surface area contributed by atoms with Gasteiger partial charge in [-0.1, -0.05) is 25.9 Å². The average Bonchev–Trinajstić information content (AvgIpc) is 2.87. The van der Waals surface area contributed by atoms with Crippen LogP contribution in [0.1, 0.15) is 33.6 Å². The maximum atomic E-state index is 11.7. The number of aromatic nitrogens is 2. The van der Waals surface area contributed by atoms with Crippen molar-refractivity contribution in [3.8, 4) is 17.1 Å². The van der Waals surface area contributed by atoms with Gasteiger partial charge in [-0.3, -0.25) is 0 Å². The molecule has 2 aromatic rings. The van der Waals surface area contributed by atoms with Crippen molar-refractivity contribution in [2.24, 2.45) is 0 Å². The molecule has 1 heterocycles. The molecule has 1 aromatic carbocycles. The molecule has 8 heteroatoms. The van der Waals surface area contributed by atoms with Gasteiger partial charge in [0.05, 0.1) is 6.61 Å². The van der Waals surface area contributed by atoms with Crippen molar-refractivity contribution < 1.29 is 17.7 Å². The lowest BCUT2D eigenvalue weighted by molar-refractivity contribution is 0.321. The van der Waals surface area contributed by atoms with Crippen LogP contribution < -0.4 is 4.74 Å². The molecule has 0 bridgehead atoms. The van der Waals surface area contributed by atoms with Crippen molar-refractivity contribution in [2.75, 3.05) is 6.61 Å². The third kappa shape index (κ3) is 3.59. The van der Waals surface area contributed by atoms with E-state index < -0.39 is 9.05 Å². The number of benzene rings is 1. The van der Waals surface area contributed by atoms with Crippen LogP contribution in [-0.4, -0.2) is 25.2 Å². The predicted octanol–water partition coefficient (Wildman–Crippen LogP) is 3.36. The number of nitrogens with zero attached hydrogens (tertiary/aromatic N) is 2. The van der Waals surface area contributed by atoms with Gasteiger partial charge in [-0.15, -0.1) is 0 Å². The highest BCUT2D eigenvalue weighted by Gasteiger charge is 2.24. The third-order valence-electron chi connectivity index (χ3n) is 2.83. The van der Waals surface area contributed by atoms with Gasteiger partial charge in [0.1, 0.15) is 10.6 Å². The molecule has 0 saturated heterocycles. The third-order valence-corrected chi connectivity index (χ3v) is 4.18. The molecule has 0 unspecified atom stereocenters. The Morgan fingerprint density at radius 1 is 1.32 bits per heavy atom. The Labute approximate surface area is 133 Å². The van der Waals surface area contributed by atoms with Crippen molar-refractivity contribution in [1.82, 2.24) is 10.1 Å². The number of hydrogen-bond acceptors (Lipinski definition) is 6. The van der Waals surface area contributed by atoms with Gasteiger partial charge in [-0.2, -0.15) is 4.98 Å². The Morgan fingerprint density at radius 2 is 2.00 bits per heavy atom. The van der Waals surface area contributed by atoms with Gasteiger partial charge in [0, 0.05) is 21.7 Å². The van der Waals surface area contributed by atoms with Gasteiger partial charge in [0.15, 0.2) is 0 Å². The van der Waals surface area contributed by atoms with E-state index in [-0.39, 0.29) is 16.1 Å². The Morgan fingerprint density at radius 3 is 2.50 bits per heavy atom. The minimum absolute atomic E-state index is 0.115. The Bertz CT molecular complexity index is 778. The smallest absolute Gasteiger partial charge is 0.265 e. The highest BCUT2D eigenvalue weighted by Crippen LogP contribution is 2.32. The monoisotopic (exact) mass is 344 g/mol. The lowest BCUT2D eigenvalue weighted by atomic mass is 9.97. The van der Waals surface area contributed by atoms with Crippen molar-refractivity contribution in [3.05, 3.63) is 24.1 Å². The maximum absolute atomic E-state index is 11.7. The number of ether oxygens (including phenoxy) is 1. The molecule has 0 fully saturated rings. The second-order valence-corrected chi connectivity index (χ2v) is 8.24. The van der Waals surface area contributed by atoms with E-state index >= 15 is 0 Å². The zero-order valence-electron chi connectivity index (χ0n) is 12.8. The van der Waals surface area contributed by atoms with Crippen LogP contribution in [0.15, 0.2) is 27.6 Å². The van der Waals surface area contributed by atoms with E-state index in [1.165, 1.54) is 12.1 Å². The van der Waals surface area contributed by atoms with Crippen LogP contribution in [0.25, 0.3) is 11.4 Å². The number of halogens is 1. The summed E-state index contributed by atoms with van der Waals surface area (Å²) in [5, 5.41) is 3.89. The molecule has 22 heavy (non-hydrogen) atoms. The fourth-order valence-electron chi connectivity index (χ4n) is 1.76. The second kappa shape index (κ2) is 5.89. The van der Waals surface area contributed by atoms with E-state index in [1.54, 1.807) is 13.0 Å². The molecule has 0 radical (unpaired) electrons. The summed E-state index contributed by atoms with van der Waals surface area (Å²) < 4.78 is 33.9. The van der Waals surface area contributed by atoms with Crippen LogP contribution >= 0.6 is 10.7 Å². The summed E-state index contributed by atoms with van der Waals surface area (Å²) >= 11 is 0. The van der Waals surface area contributed by atoms with Gasteiger partial charge in [0.25, 0.3) is 9.05 Å². The van der Waals surface area contributed by atoms with Crippen molar-refractivity contribution in [1.29, 1.82) is 0 Å². The number of rotatable bonds is 4. The molecule has 0 aliphatic heterocycles. The largest absolute Gasteiger partial charge is 0.492 e. The van der Waals surface area contributed by atoms with Gasteiger partial charge in [0.2, 0.25) is 11.7 Å². The normalized spacial score (nSPS) is 12.4. The van der Waals surface area contributed by atoms with Gasteiger partial charge < -0.3 is 9.26 Å². The maximum Gasteiger partial charge on any atom is 0.265 e. The van der Waals surface area contributed by atoms with Crippen LogP contribution in [0, 0.1) is 0 Å². The molecule has 0 aliphatic rings. The summed E-state index contributed by atoms with van der Waals surface area (Å²) in [4.78, 5) is 4.18. The molecule has 0 amide bonds. The van der Waals surface area contributed by atoms with Crippen LogP contribution in [0.3, 0.4) is 0 Å². The summed E-state index contributed by atoms with van der Waals surface area (Å²) in [6.45, 7) is 7.91. The minimum atomic E-state index is -3.95. The summed E-state index contributed by atoms with van der Waals surface area (Å²) in [5.74, 6) is 0.960. The second-order valence-electron chi connectivity index (χ2n) is 5.71. The van der Waals surface area contributed by atoms with Crippen molar-refractivity contribution in [2.45, 2.75) is 38.0 Å². The summed E-state index contributed by atoms with van der Waals surface area (Å²) in [6.07, 6.45) is 0. The lowest BCUT2D eigenvalue weighted by Crippen LogP contribution is -2.11. The topological polar surface area (TPSA) is 82.3 Å². The molecule has 0 saturated carbocycles. The van der Waals surface area contributed by atoms with E-state index in [0.29, 0.717) is 23.9 Å². The zero-order valence-corrected chi connectivity index (χ0v) is 14.3. The Balaban J connectivity index is 2.51. The highest BCUT2D eigenvalue weighted by atomic mass is 35.7. The standard InChI is InChI=1S/C14H17ClN2O4S/c1-5-20-10-7-6-9(8-11(10)22(15,18)19)12-16-13(21-17-12)14(2,3)4/h6-8H,5H2,1-4H3. The first-order valence-electron chi connectivity index (χ1n) is 6.69. The van der Waals surface area contributed by atoms with E-state index in [4.69, 9.17) is 19.9 Å². The molecule has 2 rings (SSSR count). The highest BCUT2D eigenvalue weighted by molar-refractivity contribution is 8.13. The first kappa shape index (κ1) is 16.8. The number of hydrogen-bond donors (Lipinski definition) is 0. The summed E-state index contributed by atoms with van der Waals surface area (Å²) in [6, 6.07) is 4.57. The van der Waals surface area contributed by atoms with E-state index in [0.717, 1.165) is 0 Å². The Hall–Kier alpha value is -1.60. The van der Waals surface area contributed by atoms with Gasteiger partial charge in [-0.25, -0.2) is 8.42 Å². The fraction of sp³-hybridized carbons (Fsp3) is 0.429. The first-order chi connectivity index (χ1) is 10.1. The summed E-state index contributed by atoms with van der Waals surface area (Å²) in [7, 11) is 1.52. The zero-order chi connectivity index (χ0) is 16.5. The quantitative estimate of drug-likeness (QED) is 0.791. The minimum Gasteiger partial charge on any atom is -0.492 e. The lowest BCUT2D eigenvalue weighted by Gasteiger charge is -2.10. The molecular weight excluding hydrogens is 328 g/mol. The SMILES string of the molecule is CCOc1ccc(-c2noc(C(C)(C)C)n2)cc1S(=O)(=O)Cl. The van der Waals surface area contributed by atoms with Crippen LogP contribution in [-0.2, 0) is 14.5 Å². The molecule has 0 spiro atoms. The summed E-state index contributed by atoms with van der Waals surface area (Å²) in [5.41, 5.74) is 0.194. The van der Waals surface area contributed by atoms with E-state index in [9.17, 15) is 8.42 Å². The molecule has 120 valence electrons. The molecule has 6 nitrogen and oxygen atoms in total.